The summed E-state index contributed by atoms with van der Waals surface area (Å²) < 4.78 is 12.6. The molecule has 0 aliphatic carbocycles. The molecular weight excluding hydrogens is 562 g/mol. The van der Waals surface area contributed by atoms with Crippen molar-refractivity contribution < 1.29 is 33.8 Å². The lowest BCUT2D eigenvalue weighted by molar-refractivity contribution is -0.161. The van der Waals surface area contributed by atoms with Crippen LogP contribution in [-0.4, -0.2) is 82.1 Å². The van der Waals surface area contributed by atoms with Gasteiger partial charge in [0, 0.05) is 26.1 Å². The van der Waals surface area contributed by atoms with E-state index in [2.05, 4.69) is 5.32 Å². The molecule has 4 aliphatic rings. The maximum absolute atomic E-state index is 14.5. The van der Waals surface area contributed by atoms with Gasteiger partial charge in [0.1, 0.15) is 23.7 Å². The zero-order valence-electron chi connectivity index (χ0n) is 24.6. The van der Waals surface area contributed by atoms with Gasteiger partial charge < -0.3 is 29.7 Å². The highest BCUT2D eigenvalue weighted by atomic mass is 16.6. The van der Waals surface area contributed by atoms with Gasteiger partial charge in [-0.05, 0) is 24.5 Å². The van der Waals surface area contributed by atoms with Crippen molar-refractivity contribution in [3.05, 3.63) is 96.1 Å². The summed E-state index contributed by atoms with van der Waals surface area (Å²) in [4.78, 5) is 58.5. The summed E-state index contributed by atoms with van der Waals surface area (Å²) in [5, 5.41) is 12.9. The highest BCUT2D eigenvalue weighted by Gasteiger charge is 2.73. The van der Waals surface area contributed by atoms with Gasteiger partial charge >= 0.3 is 5.97 Å². The van der Waals surface area contributed by atoms with Crippen molar-refractivity contribution >= 4 is 23.7 Å². The van der Waals surface area contributed by atoms with Crippen LogP contribution in [0.25, 0.3) is 0 Å². The van der Waals surface area contributed by atoms with E-state index < -0.39 is 53.6 Å². The molecule has 4 aliphatic heterocycles. The Labute approximate surface area is 256 Å². The first kappa shape index (κ1) is 29.8. The molecule has 2 N–H and O–H groups in total. The van der Waals surface area contributed by atoms with Crippen LogP contribution in [0.3, 0.4) is 0 Å². The Balaban J connectivity index is 1.40. The van der Waals surface area contributed by atoms with Crippen molar-refractivity contribution in [2.24, 2.45) is 11.8 Å². The number of aliphatic hydroxyl groups is 1. The van der Waals surface area contributed by atoms with Crippen LogP contribution in [0.2, 0.25) is 0 Å². The molecule has 0 radical (unpaired) electrons. The third-order valence-electron chi connectivity index (χ3n) is 8.99. The Bertz CT molecular complexity index is 1460. The van der Waals surface area contributed by atoms with Gasteiger partial charge in [0.05, 0.1) is 24.7 Å². The topological polar surface area (TPSA) is 125 Å². The molecule has 5 bridgehead atoms. The van der Waals surface area contributed by atoms with E-state index in [4.69, 9.17) is 9.47 Å². The monoisotopic (exact) mass is 599 g/mol. The summed E-state index contributed by atoms with van der Waals surface area (Å²) in [6.45, 7) is 1.86. The van der Waals surface area contributed by atoms with Crippen molar-refractivity contribution in [3.8, 4) is 0 Å². The average Bonchev–Trinajstić information content (AvgIpc) is 3.67. The molecule has 0 unspecified atom stereocenters. The van der Waals surface area contributed by atoms with Crippen LogP contribution >= 0.6 is 0 Å². The number of carbonyl (C=O) groups is 4. The smallest absolute Gasteiger partial charge is 0.313 e. The molecule has 4 heterocycles. The first-order valence-corrected chi connectivity index (χ1v) is 15.1. The number of fused-ring (bicyclic) bond motifs is 2. The lowest BCUT2D eigenvalue weighted by atomic mass is 9.74. The second-order valence-electron chi connectivity index (χ2n) is 11.8. The first-order chi connectivity index (χ1) is 21.3. The molecule has 10 heteroatoms. The number of allylic oxidation sites excluding steroid dienone is 1. The molecule has 0 saturated carbocycles. The predicted octanol–water partition coefficient (Wildman–Crippen LogP) is 2.30. The van der Waals surface area contributed by atoms with Crippen LogP contribution in [0.5, 0.6) is 0 Å². The molecule has 6 rings (SSSR count). The summed E-state index contributed by atoms with van der Waals surface area (Å²) in [6.07, 6.45) is 6.28. The van der Waals surface area contributed by atoms with E-state index in [0.29, 0.717) is 12.0 Å². The number of nitrogens with zero attached hydrogens (tertiary/aromatic N) is 2. The standard InChI is InChI=1S/C34H37N3O7/c1-22-29(24-13-7-3-8-14-24)43-33(42)27-25-16-17-34(44-25)28(27)31(40)37(19-20-38)30(34)32(41)36(21-23-11-5-2-6-12-23)18-10-4-9-15-26(39)35-22/h2-8,10-14,16-17,22,25,27-30,38H,9,15,18-21H2,1H3,(H,35,39)/b10-4-/t22-,25+,27-,28-,29+,30+,34-/m1/s1. The molecule has 7 atom stereocenters. The Morgan fingerprint density at radius 1 is 0.977 bits per heavy atom. The summed E-state index contributed by atoms with van der Waals surface area (Å²) in [5.74, 6) is -3.62. The van der Waals surface area contributed by atoms with Gasteiger partial charge in [0.15, 0.2) is 0 Å². The van der Waals surface area contributed by atoms with Crippen LogP contribution in [-0.2, 0) is 35.2 Å². The minimum Gasteiger partial charge on any atom is -0.455 e. The second kappa shape index (κ2) is 12.4. The van der Waals surface area contributed by atoms with Crippen molar-refractivity contribution in [1.82, 2.24) is 15.1 Å². The molecule has 2 aromatic rings. The Kier molecular flexibility index (Phi) is 8.38. The molecule has 2 fully saturated rings. The number of amides is 3. The summed E-state index contributed by atoms with van der Waals surface area (Å²) in [6, 6.07) is 17.0. The number of esters is 1. The van der Waals surface area contributed by atoms with Crippen molar-refractivity contribution in [2.75, 3.05) is 19.7 Å². The molecule has 2 saturated heterocycles. The fourth-order valence-corrected chi connectivity index (χ4v) is 7.02. The fourth-order valence-electron chi connectivity index (χ4n) is 7.02. The van der Waals surface area contributed by atoms with Gasteiger partial charge in [-0.15, -0.1) is 0 Å². The maximum atomic E-state index is 14.5. The molecule has 1 spiro atoms. The Hall–Kier alpha value is -4.28. The predicted molar refractivity (Wildman–Crippen MR) is 159 cm³/mol. The van der Waals surface area contributed by atoms with Gasteiger partial charge in [-0.25, -0.2) is 0 Å². The highest BCUT2D eigenvalue weighted by Crippen LogP contribution is 2.55. The minimum absolute atomic E-state index is 0.0815. The molecule has 3 amide bonds. The van der Waals surface area contributed by atoms with E-state index in [1.54, 1.807) is 24.0 Å². The number of benzene rings is 2. The molecule has 10 nitrogen and oxygen atoms in total. The lowest BCUT2D eigenvalue weighted by Crippen LogP contribution is -2.56. The molecule has 0 aromatic heterocycles. The number of rotatable bonds is 5. The zero-order valence-corrected chi connectivity index (χ0v) is 24.6. The van der Waals surface area contributed by atoms with Gasteiger partial charge in [0.2, 0.25) is 17.7 Å². The first-order valence-electron chi connectivity index (χ1n) is 15.1. The highest BCUT2D eigenvalue weighted by molar-refractivity contribution is 5.99. The number of hydrogen-bond acceptors (Lipinski definition) is 7. The summed E-state index contributed by atoms with van der Waals surface area (Å²) >= 11 is 0. The van der Waals surface area contributed by atoms with Crippen molar-refractivity contribution in [1.29, 1.82) is 0 Å². The lowest BCUT2D eigenvalue weighted by Gasteiger charge is -2.35. The molecule has 2 aromatic carbocycles. The van der Waals surface area contributed by atoms with Crippen molar-refractivity contribution in [2.45, 2.75) is 56.2 Å². The largest absolute Gasteiger partial charge is 0.455 e. The SMILES string of the molecule is C[C@H]1NC(=O)CC/C=C\CN(Cc2ccccc2)C(=O)[C@@H]2N(CCO)C(=O)[C@H]3[C@H](C(=O)O[C@@H]1c1ccccc1)[C@@H]1C=C[C@]23O1. The zero-order chi connectivity index (χ0) is 30.8. The normalized spacial score (nSPS) is 32.9. The van der Waals surface area contributed by atoms with Gasteiger partial charge in [-0.3, -0.25) is 19.2 Å². The third-order valence-corrected chi connectivity index (χ3v) is 8.99. The minimum atomic E-state index is -1.38. The van der Waals surface area contributed by atoms with E-state index in [1.807, 2.05) is 72.8 Å². The van der Waals surface area contributed by atoms with Crippen LogP contribution < -0.4 is 5.32 Å². The van der Waals surface area contributed by atoms with Gasteiger partial charge in [0.25, 0.3) is 0 Å². The molecular formula is C34H37N3O7. The number of cyclic esters (lactones) is 1. The van der Waals surface area contributed by atoms with Gasteiger partial charge in [-0.2, -0.15) is 0 Å². The molecule has 230 valence electrons. The van der Waals surface area contributed by atoms with Crippen LogP contribution in [0, 0.1) is 11.8 Å². The number of carbonyl (C=O) groups excluding carboxylic acids is 4. The Morgan fingerprint density at radius 3 is 2.43 bits per heavy atom. The second-order valence-corrected chi connectivity index (χ2v) is 11.8. The van der Waals surface area contributed by atoms with Crippen LogP contribution in [0.15, 0.2) is 85.0 Å². The Morgan fingerprint density at radius 2 is 1.70 bits per heavy atom. The van der Waals surface area contributed by atoms with Crippen LogP contribution in [0.1, 0.15) is 37.0 Å². The van der Waals surface area contributed by atoms with Crippen LogP contribution in [0.4, 0.5) is 0 Å². The number of ether oxygens (including phenoxy) is 2. The van der Waals surface area contributed by atoms with E-state index in [9.17, 15) is 24.3 Å². The summed E-state index contributed by atoms with van der Waals surface area (Å²) in [5.41, 5.74) is 0.220. The van der Waals surface area contributed by atoms with E-state index in [0.717, 1.165) is 5.56 Å². The number of β-amino-alcohol motifs (C(OH)–C–C–N with tert-alkyl or cyclic N) is 1. The number of nitrogens with one attached hydrogen (secondary N) is 1. The number of hydrogen-bond donors (Lipinski definition) is 2. The van der Waals surface area contributed by atoms with E-state index >= 15 is 0 Å². The van der Waals surface area contributed by atoms with Crippen molar-refractivity contribution in [3.63, 3.8) is 0 Å². The van der Waals surface area contributed by atoms with E-state index in [-0.39, 0.29) is 44.5 Å². The molecule has 44 heavy (non-hydrogen) atoms. The van der Waals surface area contributed by atoms with E-state index in [1.165, 1.54) is 4.90 Å². The van der Waals surface area contributed by atoms with Gasteiger partial charge in [-0.1, -0.05) is 85.0 Å². The number of aliphatic hydroxyl groups excluding tert-OH is 1. The summed E-state index contributed by atoms with van der Waals surface area (Å²) in [7, 11) is 0. The quantitative estimate of drug-likeness (QED) is 0.399. The third kappa shape index (κ3) is 5.33. The number of likely N-dealkylation sites (tertiary alicyclic amines) is 1. The average molecular weight is 600 g/mol. The maximum Gasteiger partial charge on any atom is 0.313 e. The fraction of sp³-hybridized carbons (Fsp3) is 0.412.